The normalized spacial score (nSPS) is 10.4. The summed E-state index contributed by atoms with van der Waals surface area (Å²) in [4.78, 5) is 8.48. The van der Waals surface area contributed by atoms with Crippen molar-refractivity contribution in [3.63, 3.8) is 0 Å². The quantitative estimate of drug-likeness (QED) is 0.637. The molecule has 0 aliphatic heterocycles. The average molecular weight is 358 g/mol. The van der Waals surface area contributed by atoms with Crippen molar-refractivity contribution < 1.29 is 9.13 Å². The Morgan fingerprint density at radius 3 is 2.80 bits per heavy atom. The molecule has 7 heteroatoms. The van der Waals surface area contributed by atoms with E-state index in [1.165, 1.54) is 17.8 Å². The van der Waals surface area contributed by atoms with Crippen LogP contribution in [0, 0.1) is 5.82 Å². The third kappa shape index (κ3) is 3.83. The molecule has 4 nitrogen and oxygen atoms in total. The second kappa shape index (κ2) is 6.90. The summed E-state index contributed by atoms with van der Waals surface area (Å²) in [6, 6.07) is 6.25. The van der Waals surface area contributed by atoms with Gasteiger partial charge >= 0.3 is 0 Å². The molecule has 0 aliphatic rings. The van der Waals surface area contributed by atoms with E-state index in [1.807, 2.05) is 13.2 Å². The molecule has 106 valence electrons. The largest absolute Gasteiger partial charge is 0.436 e. The zero-order valence-electron chi connectivity index (χ0n) is 11.0. The smallest absolute Gasteiger partial charge is 0.225 e. The van der Waals surface area contributed by atoms with Gasteiger partial charge in [0.05, 0.1) is 0 Å². The molecule has 0 bridgehead atoms. The van der Waals surface area contributed by atoms with Gasteiger partial charge < -0.3 is 10.1 Å². The highest BCUT2D eigenvalue weighted by Crippen LogP contribution is 2.27. The second-order valence-corrected chi connectivity index (χ2v) is 5.47. The lowest BCUT2D eigenvalue weighted by atomic mass is 10.3. The summed E-state index contributed by atoms with van der Waals surface area (Å²) in [6.07, 6.45) is 1.87. The van der Waals surface area contributed by atoms with Gasteiger partial charge in [-0.05, 0) is 31.4 Å². The summed E-state index contributed by atoms with van der Waals surface area (Å²) < 4.78 is 19.9. The number of hydrogen-bond donors (Lipinski definition) is 1. The van der Waals surface area contributed by atoms with Crippen molar-refractivity contribution >= 4 is 33.5 Å². The van der Waals surface area contributed by atoms with Gasteiger partial charge in [0.1, 0.15) is 5.82 Å². The van der Waals surface area contributed by atoms with E-state index < -0.39 is 5.82 Å². The predicted octanol–water partition coefficient (Wildman–Crippen LogP) is 4.32. The third-order valence-corrected chi connectivity index (χ3v) is 3.37. The first-order valence-corrected chi connectivity index (χ1v) is 7.94. The lowest BCUT2D eigenvalue weighted by molar-refractivity contribution is 0.422. The van der Waals surface area contributed by atoms with E-state index in [-0.39, 0.29) is 5.75 Å². The number of halogens is 2. The number of anilines is 1. The first-order chi connectivity index (χ1) is 9.62. The number of nitrogens with one attached hydrogen (secondary N) is 1. The molecule has 2 aromatic rings. The Kier molecular flexibility index (Phi) is 5.19. The lowest BCUT2D eigenvalue weighted by Crippen LogP contribution is -2.02. The SMILES string of the molecule is CCNc1cc(Oc2ccc(Br)cc2F)nc(SC)n1. The molecule has 0 unspecified atom stereocenters. The Hall–Kier alpha value is -1.34. The highest BCUT2D eigenvalue weighted by Gasteiger charge is 2.09. The van der Waals surface area contributed by atoms with Gasteiger partial charge in [-0.2, -0.15) is 4.98 Å². The summed E-state index contributed by atoms with van der Waals surface area (Å²) in [6.45, 7) is 2.70. The zero-order chi connectivity index (χ0) is 14.5. The van der Waals surface area contributed by atoms with Crippen LogP contribution >= 0.6 is 27.7 Å². The molecule has 2 rings (SSSR count). The van der Waals surface area contributed by atoms with Gasteiger partial charge in [-0.1, -0.05) is 27.7 Å². The van der Waals surface area contributed by atoms with Crippen LogP contribution in [-0.2, 0) is 0 Å². The van der Waals surface area contributed by atoms with E-state index in [0.29, 0.717) is 21.3 Å². The molecule has 0 saturated heterocycles. The van der Waals surface area contributed by atoms with Gasteiger partial charge in [0.25, 0.3) is 0 Å². The summed E-state index contributed by atoms with van der Waals surface area (Å²) in [5, 5.41) is 3.65. The number of hydrogen-bond acceptors (Lipinski definition) is 5. The van der Waals surface area contributed by atoms with E-state index >= 15 is 0 Å². The molecule has 1 aromatic carbocycles. The van der Waals surface area contributed by atoms with Crippen LogP contribution in [0.4, 0.5) is 10.2 Å². The molecule has 0 fully saturated rings. The second-order valence-electron chi connectivity index (χ2n) is 3.79. The van der Waals surface area contributed by atoms with Crippen molar-refractivity contribution in [1.82, 2.24) is 9.97 Å². The molecule has 0 spiro atoms. The molecule has 1 N–H and O–H groups in total. The molecule has 0 aliphatic carbocycles. The molecule has 0 atom stereocenters. The van der Waals surface area contributed by atoms with Crippen LogP contribution in [0.3, 0.4) is 0 Å². The molecule has 20 heavy (non-hydrogen) atoms. The molecule has 0 radical (unpaired) electrons. The summed E-state index contributed by atoms with van der Waals surface area (Å²) in [7, 11) is 0. The minimum absolute atomic E-state index is 0.126. The zero-order valence-corrected chi connectivity index (χ0v) is 13.4. The maximum atomic E-state index is 13.7. The molecule has 1 aromatic heterocycles. The summed E-state index contributed by atoms with van der Waals surface area (Å²) in [5.74, 6) is 0.635. The van der Waals surface area contributed by atoms with Crippen molar-refractivity contribution in [2.45, 2.75) is 12.1 Å². The Morgan fingerprint density at radius 1 is 1.35 bits per heavy atom. The minimum Gasteiger partial charge on any atom is -0.436 e. The number of aromatic nitrogens is 2. The summed E-state index contributed by atoms with van der Waals surface area (Å²) >= 11 is 4.60. The fraction of sp³-hybridized carbons (Fsp3) is 0.231. The standard InChI is InChI=1S/C13H13BrFN3OS/c1-3-16-11-7-12(18-13(17-11)20-2)19-10-5-4-8(14)6-9(10)15/h4-7H,3H2,1-2H3,(H,16,17,18). The number of ether oxygens (including phenoxy) is 1. The Morgan fingerprint density at radius 2 is 2.15 bits per heavy atom. The van der Waals surface area contributed by atoms with Gasteiger partial charge in [0, 0.05) is 17.1 Å². The van der Waals surface area contributed by atoms with E-state index in [9.17, 15) is 4.39 Å². The maximum absolute atomic E-state index is 13.7. The number of nitrogens with zero attached hydrogens (tertiary/aromatic N) is 2. The van der Waals surface area contributed by atoms with Crippen LogP contribution in [0.15, 0.2) is 33.9 Å². The molecular formula is C13H13BrFN3OS. The monoisotopic (exact) mass is 357 g/mol. The van der Waals surface area contributed by atoms with Crippen molar-refractivity contribution in [3.05, 3.63) is 34.6 Å². The molecule has 0 amide bonds. The van der Waals surface area contributed by atoms with Crippen LogP contribution in [0.5, 0.6) is 11.6 Å². The number of rotatable bonds is 5. The minimum atomic E-state index is -0.450. The van der Waals surface area contributed by atoms with Crippen LogP contribution in [0.2, 0.25) is 0 Å². The van der Waals surface area contributed by atoms with E-state index in [1.54, 1.807) is 18.2 Å². The fourth-order valence-electron chi connectivity index (χ4n) is 1.49. The highest BCUT2D eigenvalue weighted by atomic mass is 79.9. The number of benzene rings is 1. The predicted molar refractivity (Wildman–Crippen MR) is 82.2 cm³/mol. The van der Waals surface area contributed by atoms with Gasteiger partial charge in [-0.15, -0.1) is 0 Å². The van der Waals surface area contributed by atoms with E-state index in [0.717, 1.165) is 6.54 Å². The maximum Gasteiger partial charge on any atom is 0.225 e. The third-order valence-electron chi connectivity index (χ3n) is 2.33. The van der Waals surface area contributed by atoms with Crippen molar-refractivity contribution in [2.75, 3.05) is 18.1 Å². The van der Waals surface area contributed by atoms with Crippen molar-refractivity contribution in [1.29, 1.82) is 0 Å². The fourth-order valence-corrected chi connectivity index (χ4v) is 2.19. The summed E-state index contributed by atoms with van der Waals surface area (Å²) in [5.41, 5.74) is 0. The molecule has 1 heterocycles. The average Bonchev–Trinajstić information content (AvgIpc) is 2.42. The molecule has 0 saturated carbocycles. The highest BCUT2D eigenvalue weighted by molar-refractivity contribution is 9.10. The Balaban J connectivity index is 2.29. The van der Waals surface area contributed by atoms with Gasteiger partial charge in [-0.3, -0.25) is 0 Å². The van der Waals surface area contributed by atoms with Crippen LogP contribution in [-0.4, -0.2) is 22.8 Å². The lowest BCUT2D eigenvalue weighted by Gasteiger charge is -2.09. The van der Waals surface area contributed by atoms with Crippen LogP contribution < -0.4 is 10.1 Å². The topological polar surface area (TPSA) is 47.0 Å². The first-order valence-electron chi connectivity index (χ1n) is 5.92. The Bertz CT molecular complexity index is 612. The van der Waals surface area contributed by atoms with Gasteiger partial charge in [-0.25, -0.2) is 9.37 Å². The first kappa shape index (κ1) is 15.1. The van der Waals surface area contributed by atoms with Gasteiger partial charge in [0.2, 0.25) is 5.88 Å². The van der Waals surface area contributed by atoms with Crippen LogP contribution in [0.1, 0.15) is 6.92 Å². The van der Waals surface area contributed by atoms with Crippen LogP contribution in [0.25, 0.3) is 0 Å². The molecular weight excluding hydrogens is 345 g/mol. The Labute approximate surface area is 129 Å². The van der Waals surface area contributed by atoms with Gasteiger partial charge in [0.15, 0.2) is 16.7 Å². The van der Waals surface area contributed by atoms with E-state index in [2.05, 4.69) is 31.2 Å². The van der Waals surface area contributed by atoms with Crippen molar-refractivity contribution in [3.8, 4) is 11.6 Å². The van der Waals surface area contributed by atoms with E-state index in [4.69, 9.17) is 4.74 Å². The van der Waals surface area contributed by atoms with Crippen molar-refractivity contribution in [2.24, 2.45) is 0 Å². The number of thioether (sulfide) groups is 1.